The number of thiocarbonyl (C=S) groups is 1. The maximum atomic E-state index is 10.1. The second-order valence-electron chi connectivity index (χ2n) is 6.28. The molecule has 0 atom stereocenters. The highest BCUT2D eigenvalue weighted by Gasteiger charge is 2.08. The highest BCUT2D eigenvalue weighted by atomic mass is 32.1. The molecule has 0 saturated heterocycles. The van der Waals surface area contributed by atoms with Crippen LogP contribution < -0.4 is 10.7 Å². The van der Waals surface area contributed by atoms with E-state index in [9.17, 15) is 5.11 Å². The Kier molecular flexibility index (Phi) is 8.23. The molecule has 2 aromatic rings. The van der Waals surface area contributed by atoms with Gasteiger partial charge in [-0.25, -0.2) is 0 Å². The van der Waals surface area contributed by atoms with Crippen LogP contribution in [0.3, 0.4) is 0 Å². The molecule has 6 heteroatoms. The molecule has 2 rings (SSSR count). The molecule has 3 N–H and O–H groups in total. The second kappa shape index (κ2) is 10.6. The van der Waals surface area contributed by atoms with Gasteiger partial charge in [-0.15, -0.1) is 0 Å². The van der Waals surface area contributed by atoms with Crippen LogP contribution in [0.25, 0.3) is 0 Å². The van der Waals surface area contributed by atoms with Gasteiger partial charge in [0.05, 0.1) is 5.71 Å². The van der Waals surface area contributed by atoms with Crippen LogP contribution in [-0.2, 0) is 13.1 Å². The molecule has 0 bridgehead atoms. The number of hydrazone groups is 1. The van der Waals surface area contributed by atoms with Crippen LogP contribution in [0.1, 0.15) is 37.5 Å². The zero-order valence-corrected chi connectivity index (χ0v) is 17.0. The Morgan fingerprint density at radius 3 is 2.48 bits per heavy atom. The summed E-state index contributed by atoms with van der Waals surface area (Å²) in [6.07, 6.45) is 0. The van der Waals surface area contributed by atoms with E-state index in [-0.39, 0.29) is 0 Å². The van der Waals surface area contributed by atoms with E-state index in [0.717, 1.165) is 35.5 Å². The van der Waals surface area contributed by atoms with Crippen molar-refractivity contribution < 1.29 is 5.11 Å². The summed E-state index contributed by atoms with van der Waals surface area (Å²) in [4.78, 5) is 2.26. The molecule has 0 aromatic heterocycles. The van der Waals surface area contributed by atoms with Gasteiger partial charge in [0, 0.05) is 18.7 Å². The van der Waals surface area contributed by atoms with Gasteiger partial charge in [-0.2, -0.15) is 5.10 Å². The number of hydrogen-bond acceptors (Lipinski definition) is 4. The Morgan fingerprint density at radius 2 is 1.81 bits per heavy atom. The van der Waals surface area contributed by atoms with Crippen molar-refractivity contribution in [2.45, 2.75) is 33.9 Å². The summed E-state index contributed by atoms with van der Waals surface area (Å²) in [5, 5.41) is 18.1. The smallest absolute Gasteiger partial charge is 0.187 e. The van der Waals surface area contributed by atoms with Crippen LogP contribution in [0, 0.1) is 0 Å². The van der Waals surface area contributed by atoms with Gasteiger partial charge in [-0.1, -0.05) is 44.2 Å². The molecule has 0 amide bonds. The van der Waals surface area contributed by atoms with Crippen molar-refractivity contribution in [3.8, 4) is 5.75 Å². The van der Waals surface area contributed by atoms with Gasteiger partial charge < -0.3 is 10.4 Å². The van der Waals surface area contributed by atoms with E-state index in [1.165, 1.54) is 0 Å². The lowest BCUT2D eigenvalue weighted by atomic mass is 10.1. The van der Waals surface area contributed by atoms with Gasteiger partial charge in [-0.3, -0.25) is 10.3 Å². The number of nitrogens with one attached hydrogen (secondary N) is 2. The largest absolute Gasteiger partial charge is 0.508 e. The molecule has 0 saturated carbocycles. The van der Waals surface area contributed by atoms with Crippen molar-refractivity contribution in [3.05, 3.63) is 65.2 Å². The SMILES string of the molecule is CCN(CC)Cc1cc(/C(C)=N/NC(=S)NCc2ccccc2)ccc1O. The zero-order valence-electron chi connectivity index (χ0n) is 16.2. The molecule has 2 aromatic carbocycles. The average molecular weight is 385 g/mol. The lowest BCUT2D eigenvalue weighted by Gasteiger charge is -2.19. The molecular formula is C21H28N4OS. The summed E-state index contributed by atoms with van der Waals surface area (Å²) < 4.78 is 0. The standard InChI is InChI=1S/C21H28N4OS/c1-4-25(5-2)15-19-13-18(11-12-20(19)26)16(3)23-24-21(27)22-14-17-9-7-6-8-10-17/h6-13,26H,4-5,14-15H2,1-3H3,(H2,22,24,27)/b23-16+. The lowest BCUT2D eigenvalue weighted by Crippen LogP contribution is -2.32. The van der Waals surface area contributed by atoms with Crippen LogP contribution in [0.15, 0.2) is 53.6 Å². The number of benzene rings is 2. The van der Waals surface area contributed by atoms with E-state index in [4.69, 9.17) is 12.2 Å². The molecule has 0 spiro atoms. The lowest BCUT2D eigenvalue weighted by molar-refractivity contribution is 0.291. The first kappa shape index (κ1) is 20.9. The van der Waals surface area contributed by atoms with Crippen LogP contribution in [0.5, 0.6) is 5.75 Å². The van der Waals surface area contributed by atoms with Crippen molar-refractivity contribution in [1.29, 1.82) is 0 Å². The molecule has 0 aliphatic heterocycles. The van der Waals surface area contributed by atoms with Gasteiger partial charge in [0.15, 0.2) is 5.11 Å². The molecule has 5 nitrogen and oxygen atoms in total. The third-order valence-electron chi connectivity index (χ3n) is 4.41. The predicted octanol–water partition coefficient (Wildman–Crippen LogP) is 3.62. The monoisotopic (exact) mass is 384 g/mol. The van der Waals surface area contributed by atoms with E-state index in [2.05, 4.69) is 34.6 Å². The fourth-order valence-electron chi connectivity index (χ4n) is 2.64. The van der Waals surface area contributed by atoms with Crippen molar-refractivity contribution in [2.75, 3.05) is 13.1 Å². The fraction of sp³-hybridized carbons (Fsp3) is 0.333. The summed E-state index contributed by atoms with van der Waals surface area (Å²) in [6, 6.07) is 15.6. The van der Waals surface area contributed by atoms with E-state index < -0.39 is 0 Å². The molecule has 0 fully saturated rings. The first-order valence-corrected chi connectivity index (χ1v) is 9.61. The predicted molar refractivity (Wildman–Crippen MR) is 116 cm³/mol. The zero-order chi connectivity index (χ0) is 19.6. The summed E-state index contributed by atoms with van der Waals surface area (Å²) in [5.41, 5.74) is 6.69. The third kappa shape index (κ3) is 6.66. The first-order valence-electron chi connectivity index (χ1n) is 9.20. The van der Waals surface area contributed by atoms with E-state index >= 15 is 0 Å². The third-order valence-corrected chi connectivity index (χ3v) is 4.64. The van der Waals surface area contributed by atoms with Crippen LogP contribution in [-0.4, -0.2) is 33.9 Å². The Bertz CT molecular complexity index is 773. The number of hydrogen-bond donors (Lipinski definition) is 3. The van der Waals surface area contributed by atoms with Gasteiger partial charge in [0.1, 0.15) is 5.75 Å². The van der Waals surface area contributed by atoms with Gasteiger partial charge in [0.2, 0.25) is 0 Å². The summed E-state index contributed by atoms with van der Waals surface area (Å²) in [7, 11) is 0. The Labute approximate surface area is 167 Å². The average Bonchev–Trinajstić information content (AvgIpc) is 2.70. The van der Waals surface area contributed by atoms with Crippen LogP contribution in [0.4, 0.5) is 0 Å². The first-order chi connectivity index (χ1) is 13.0. The summed E-state index contributed by atoms with van der Waals surface area (Å²) in [6.45, 7) is 9.39. The highest BCUT2D eigenvalue weighted by molar-refractivity contribution is 7.80. The minimum Gasteiger partial charge on any atom is -0.508 e. The maximum absolute atomic E-state index is 10.1. The minimum atomic E-state index is 0.312. The number of nitrogens with zero attached hydrogens (tertiary/aromatic N) is 2. The van der Waals surface area contributed by atoms with Gasteiger partial charge in [0.25, 0.3) is 0 Å². The van der Waals surface area contributed by atoms with Crippen molar-refractivity contribution in [1.82, 2.24) is 15.6 Å². The second-order valence-corrected chi connectivity index (χ2v) is 6.69. The Balaban J connectivity index is 1.97. The molecule has 0 unspecified atom stereocenters. The van der Waals surface area contributed by atoms with Crippen molar-refractivity contribution >= 4 is 23.0 Å². The summed E-state index contributed by atoms with van der Waals surface area (Å²) in [5.74, 6) is 0.312. The maximum Gasteiger partial charge on any atom is 0.187 e. The van der Waals surface area contributed by atoms with E-state index in [0.29, 0.717) is 24.0 Å². The Hall–Kier alpha value is -2.44. The normalized spacial score (nSPS) is 11.5. The summed E-state index contributed by atoms with van der Waals surface area (Å²) >= 11 is 5.28. The molecule has 0 heterocycles. The number of phenolic OH excluding ortho intramolecular Hbond substituents is 1. The van der Waals surface area contributed by atoms with Gasteiger partial charge in [-0.05, 0) is 61.6 Å². The number of rotatable bonds is 8. The molecule has 0 aliphatic rings. The highest BCUT2D eigenvalue weighted by Crippen LogP contribution is 2.20. The minimum absolute atomic E-state index is 0.312. The van der Waals surface area contributed by atoms with Gasteiger partial charge >= 0.3 is 0 Å². The topological polar surface area (TPSA) is 59.9 Å². The van der Waals surface area contributed by atoms with Crippen LogP contribution >= 0.6 is 12.2 Å². The fourth-order valence-corrected chi connectivity index (χ4v) is 2.76. The Morgan fingerprint density at radius 1 is 1.11 bits per heavy atom. The van der Waals surface area contributed by atoms with Crippen molar-refractivity contribution in [3.63, 3.8) is 0 Å². The number of phenols is 1. The number of aromatic hydroxyl groups is 1. The van der Waals surface area contributed by atoms with E-state index in [1.807, 2.05) is 49.4 Å². The molecule has 144 valence electrons. The van der Waals surface area contributed by atoms with Crippen molar-refractivity contribution in [2.24, 2.45) is 5.10 Å². The molecule has 0 radical (unpaired) electrons. The van der Waals surface area contributed by atoms with Crippen LogP contribution in [0.2, 0.25) is 0 Å². The quantitative estimate of drug-likeness (QED) is 0.369. The molecule has 27 heavy (non-hydrogen) atoms. The molecule has 0 aliphatic carbocycles. The molecular weight excluding hydrogens is 356 g/mol. The van der Waals surface area contributed by atoms with E-state index in [1.54, 1.807) is 6.07 Å².